The van der Waals surface area contributed by atoms with Crippen molar-refractivity contribution in [1.82, 2.24) is 9.88 Å². The Kier molecular flexibility index (Phi) is 4.66. The summed E-state index contributed by atoms with van der Waals surface area (Å²) < 4.78 is 18.7. The molecule has 6 nitrogen and oxygen atoms in total. The van der Waals surface area contributed by atoms with E-state index in [0.717, 1.165) is 29.3 Å². The summed E-state index contributed by atoms with van der Waals surface area (Å²) in [6.45, 7) is 2.91. The van der Waals surface area contributed by atoms with Crippen LogP contribution in [0.5, 0.6) is 0 Å². The maximum atomic E-state index is 13.4. The summed E-state index contributed by atoms with van der Waals surface area (Å²) in [5.41, 5.74) is 2.94. The number of aromatic nitrogens is 1. The predicted molar refractivity (Wildman–Crippen MR) is 101 cm³/mol. The lowest BCUT2D eigenvalue weighted by Gasteiger charge is -2.32. The van der Waals surface area contributed by atoms with Gasteiger partial charge in [0, 0.05) is 35.8 Å². The van der Waals surface area contributed by atoms with Crippen LogP contribution in [-0.2, 0) is 11.2 Å². The zero-order valence-corrected chi connectivity index (χ0v) is 15.5. The molecule has 0 saturated carbocycles. The van der Waals surface area contributed by atoms with Gasteiger partial charge in [-0.25, -0.2) is 4.39 Å². The number of likely N-dealkylation sites (tertiary alicyclic amines) is 1. The first-order valence-corrected chi connectivity index (χ1v) is 9.28. The molecular formula is C21H21FN2O4. The van der Waals surface area contributed by atoms with Crippen molar-refractivity contribution in [2.45, 2.75) is 32.1 Å². The molecule has 1 aliphatic rings. The summed E-state index contributed by atoms with van der Waals surface area (Å²) in [7, 11) is 0. The van der Waals surface area contributed by atoms with Crippen LogP contribution < -0.4 is 0 Å². The van der Waals surface area contributed by atoms with Gasteiger partial charge in [-0.05, 0) is 49.4 Å². The van der Waals surface area contributed by atoms with Gasteiger partial charge in [0.15, 0.2) is 0 Å². The molecule has 0 unspecified atom stereocenters. The summed E-state index contributed by atoms with van der Waals surface area (Å²) >= 11 is 0. The summed E-state index contributed by atoms with van der Waals surface area (Å²) in [4.78, 5) is 28.9. The average Bonchev–Trinajstić information content (AvgIpc) is 3.24. The molecule has 0 aliphatic carbocycles. The van der Waals surface area contributed by atoms with Crippen LogP contribution in [0.3, 0.4) is 0 Å². The number of H-pyrrole nitrogens is 1. The van der Waals surface area contributed by atoms with Gasteiger partial charge >= 0.3 is 5.97 Å². The molecular weight excluding hydrogens is 363 g/mol. The van der Waals surface area contributed by atoms with Crippen molar-refractivity contribution in [3.63, 3.8) is 0 Å². The van der Waals surface area contributed by atoms with Crippen LogP contribution in [0.2, 0.25) is 0 Å². The second-order valence-corrected chi connectivity index (χ2v) is 7.29. The normalized spacial score (nSPS) is 15.3. The molecule has 146 valence electrons. The lowest BCUT2D eigenvalue weighted by molar-refractivity contribution is -0.136. The van der Waals surface area contributed by atoms with E-state index < -0.39 is 5.97 Å². The fourth-order valence-electron chi connectivity index (χ4n) is 4.06. The third-order valence-electron chi connectivity index (χ3n) is 5.47. The van der Waals surface area contributed by atoms with Crippen molar-refractivity contribution in [2.75, 3.05) is 13.1 Å². The van der Waals surface area contributed by atoms with Crippen LogP contribution in [0.25, 0.3) is 10.9 Å². The van der Waals surface area contributed by atoms with Crippen LogP contribution in [0, 0.1) is 12.7 Å². The molecule has 3 aromatic rings. The second-order valence-electron chi connectivity index (χ2n) is 7.29. The molecule has 1 amide bonds. The number of aromatic amines is 1. The maximum Gasteiger partial charge on any atom is 0.311 e. The van der Waals surface area contributed by atoms with Crippen LogP contribution >= 0.6 is 0 Å². The number of amides is 1. The van der Waals surface area contributed by atoms with E-state index in [1.807, 2.05) is 6.20 Å². The number of carbonyl (C=O) groups excluding carboxylic acids is 1. The van der Waals surface area contributed by atoms with Crippen molar-refractivity contribution in [2.24, 2.45) is 0 Å². The van der Waals surface area contributed by atoms with E-state index in [4.69, 9.17) is 9.52 Å². The van der Waals surface area contributed by atoms with Gasteiger partial charge in [0.05, 0.1) is 11.8 Å². The summed E-state index contributed by atoms with van der Waals surface area (Å²) in [5.74, 6) is -0.989. The minimum atomic E-state index is -1.03. The van der Waals surface area contributed by atoms with E-state index in [1.54, 1.807) is 17.9 Å². The van der Waals surface area contributed by atoms with Gasteiger partial charge in [0.2, 0.25) is 0 Å². The molecule has 0 spiro atoms. The molecule has 0 bridgehead atoms. The van der Waals surface area contributed by atoms with E-state index >= 15 is 0 Å². The van der Waals surface area contributed by atoms with Gasteiger partial charge in [-0.2, -0.15) is 0 Å². The summed E-state index contributed by atoms with van der Waals surface area (Å²) in [6.07, 6.45) is 4.64. The topological polar surface area (TPSA) is 86.5 Å². The molecule has 1 fully saturated rings. The first-order chi connectivity index (χ1) is 13.4. The summed E-state index contributed by atoms with van der Waals surface area (Å²) in [6, 6.07) is 4.74. The number of aliphatic carboxylic acids is 1. The van der Waals surface area contributed by atoms with Crippen LogP contribution in [-0.4, -0.2) is 40.0 Å². The Morgan fingerprint density at radius 2 is 2.07 bits per heavy atom. The van der Waals surface area contributed by atoms with Crippen LogP contribution in [0.15, 0.2) is 35.1 Å². The van der Waals surface area contributed by atoms with Gasteiger partial charge < -0.3 is 19.4 Å². The number of aryl methyl sites for hydroxylation is 1. The highest BCUT2D eigenvalue weighted by Crippen LogP contribution is 2.34. The highest BCUT2D eigenvalue weighted by atomic mass is 19.1. The minimum absolute atomic E-state index is 0.179. The van der Waals surface area contributed by atoms with E-state index in [0.29, 0.717) is 24.2 Å². The Balaban J connectivity index is 1.49. The molecule has 28 heavy (non-hydrogen) atoms. The molecule has 0 radical (unpaired) electrons. The Labute approximate surface area is 160 Å². The number of hydrogen-bond donors (Lipinski definition) is 2. The third-order valence-corrected chi connectivity index (χ3v) is 5.47. The van der Waals surface area contributed by atoms with Gasteiger partial charge in [-0.1, -0.05) is 0 Å². The molecule has 1 saturated heterocycles. The van der Waals surface area contributed by atoms with Crippen molar-refractivity contribution in [3.05, 3.63) is 58.9 Å². The molecule has 1 aromatic carbocycles. The number of nitrogens with one attached hydrogen (secondary N) is 1. The lowest BCUT2D eigenvalue weighted by Crippen LogP contribution is -2.38. The Morgan fingerprint density at radius 3 is 2.79 bits per heavy atom. The number of hydrogen-bond acceptors (Lipinski definition) is 3. The third kappa shape index (κ3) is 3.28. The van der Waals surface area contributed by atoms with Gasteiger partial charge in [0.25, 0.3) is 5.91 Å². The van der Waals surface area contributed by atoms with E-state index in [1.165, 1.54) is 18.4 Å². The predicted octanol–water partition coefficient (Wildman–Crippen LogP) is 3.86. The molecule has 2 aromatic heterocycles. The smallest absolute Gasteiger partial charge is 0.311 e. The number of rotatable bonds is 4. The number of carboxylic acids is 1. The van der Waals surface area contributed by atoms with Crippen molar-refractivity contribution >= 4 is 22.8 Å². The van der Waals surface area contributed by atoms with E-state index in [-0.39, 0.29) is 29.8 Å². The number of piperidine rings is 1. The summed E-state index contributed by atoms with van der Waals surface area (Å²) in [5, 5.41) is 10.0. The monoisotopic (exact) mass is 384 g/mol. The number of halogens is 1. The molecule has 7 heteroatoms. The number of benzene rings is 1. The fraction of sp³-hybridized carbons (Fsp3) is 0.333. The lowest BCUT2D eigenvalue weighted by atomic mass is 9.89. The first kappa shape index (κ1) is 18.3. The molecule has 3 heterocycles. The quantitative estimate of drug-likeness (QED) is 0.715. The SMILES string of the molecule is Cc1coc(CC(=O)O)c1C(=O)N1CCC(c2c[nH]c3cc(F)ccc23)CC1. The van der Waals surface area contributed by atoms with Gasteiger partial charge in [0.1, 0.15) is 18.0 Å². The zero-order chi connectivity index (χ0) is 19.8. The van der Waals surface area contributed by atoms with Crippen molar-refractivity contribution in [3.8, 4) is 0 Å². The second kappa shape index (κ2) is 7.14. The Hall–Kier alpha value is -3.09. The van der Waals surface area contributed by atoms with Crippen LogP contribution in [0.4, 0.5) is 4.39 Å². The first-order valence-electron chi connectivity index (χ1n) is 9.28. The van der Waals surface area contributed by atoms with Gasteiger partial charge in [-0.15, -0.1) is 0 Å². The number of carboxylic acid groups (broad SMARTS) is 1. The van der Waals surface area contributed by atoms with Crippen molar-refractivity contribution < 1.29 is 23.5 Å². The number of nitrogens with zero attached hydrogens (tertiary/aromatic N) is 1. The number of carbonyl (C=O) groups is 2. The standard InChI is InChI=1S/C21H21FN2O4/c1-12-11-28-18(9-19(25)26)20(12)21(27)24-6-4-13(5-7-24)16-10-23-17-8-14(22)2-3-15(16)17/h2-3,8,10-11,13,23H,4-7,9H2,1H3,(H,25,26). The maximum absolute atomic E-state index is 13.4. The van der Waals surface area contributed by atoms with Crippen LogP contribution in [0.1, 0.15) is 46.0 Å². The molecule has 0 atom stereocenters. The van der Waals surface area contributed by atoms with E-state index in [9.17, 15) is 14.0 Å². The Morgan fingerprint density at radius 1 is 1.32 bits per heavy atom. The zero-order valence-electron chi connectivity index (χ0n) is 15.5. The number of furan rings is 1. The molecule has 1 aliphatic heterocycles. The minimum Gasteiger partial charge on any atom is -0.481 e. The molecule has 4 rings (SSSR count). The van der Waals surface area contributed by atoms with Gasteiger partial charge in [-0.3, -0.25) is 9.59 Å². The molecule has 2 N–H and O–H groups in total. The largest absolute Gasteiger partial charge is 0.481 e. The van der Waals surface area contributed by atoms with E-state index in [2.05, 4.69) is 4.98 Å². The average molecular weight is 384 g/mol. The highest BCUT2D eigenvalue weighted by Gasteiger charge is 2.29. The Bertz CT molecular complexity index is 1040. The highest BCUT2D eigenvalue weighted by molar-refractivity contribution is 5.97. The number of fused-ring (bicyclic) bond motifs is 1. The fourth-order valence-corrected chi connectivity index (χ4v) is 4.06. The van der Waals surface area contributed by atoms with Crippen molar-refractivity contribution in [1.29, 1.82) is 0 Å².